The fraction of sp³-hybridized carbons (Fsp3) is 0.659. The van der Waals surface area contributed by atoms with Crippen LogP contribution in [-0.4, -0.2) is 107 Å². The van der Waals surface area contributed by atoms with Gasteiger partial charge in [0.15, 0.2) is 5.60 Å². The molecule has 2 aromatic rings. The van der Waals surface area contributed by atoms with Gasteiger partial charge >= 0.3 is 6.09 Å². The number of benzene rings is 1. The number of sulfonamides is 1. The second-order valence-electron chi connectivity index (χ2n) is 17.7. The lowest BCUT2D eigenvalue weighted by molar-refractivity contribution is -0.152. The van der Waals surface area contributed by atoms with Crippen molar-refractivity contribution in [3.05, 3.63) is 46.8 Å². The molecule has 0 radical (unpaired) electrons. The van der Waals surface area contributed by atoms with Crippen molar-refractivity contribution in [3.63, 3.8) is 0 Å². The van der Waals surface area contributed by atoms with Crippen LogP contribution in [0.4, 0.5) is 13.6 Å². The highest BCUT2D eigenvalue weighted by atomic mass is 32.2. The fourth-order valence-electron chi connectivity index (χ4n) is 7.85. The van der Waals surface area contributed by atoms with Crippen LogP contribution in [0.5, 0.6) is 5.88 Å². The average Bonchev–Trinajstić information content (AvgIpc) is 4.05. The van der Waals surface area contributed by atoms with Crippen molar-refractivity contribution >= 4 is 44.6 Å². The summed E-state index contributed by atoms with van der Waals surface area (Å²) in [5, 5.41) is 10.5. The Kier molecular flexibility index (Phi) is 12.5. The van der Waals surface area contributed by atoms with Crippen molar-refractivity contribution in [1.82, 2.24) is 30.0 Å². The summed E-state index contributed by atoms with van der Waals surface area (Å²) in [4.78, 5) is 71.3. The number of allylic oxidation sites excluding steroid dienone is 1. The Balaban J connectivity index is 1.38. The summed E-state index contributed by atoms with van der Waals surface area (Å²) in [7, 11) is -2.60. The highest BCUT2D eigenvalue weighted by Crippen LogP contribution is 2.47. The first kappa shape index (κ1) is 44.9. The van der Waals surface area contributed by atoms with Gasteiger partial charge in [0.05, 0.1) is 35.2 Å². The maximum absolute atomic E-state index is 14.9. The molecule has 60 heavy (non-hydrogen) atoms. The van der Waals surface area contributed by atoms with E-state index in [4.69, 9.17) is 14.2 Å². The van der Waals surface area contributed by atoms with Crippen LogP contribution in [-0.2, 0) is 40.4 Å². The third-order valence-electron chi connectivity index (χ3n) is 12.5. The van der Waals surface area contributed by atoms with Gasteiger partial charge in [0.2, 0.25) is 27.7 Å². The molecule has 16 nitrogen and oxygen atoms in total. The minimum absolute atomic E-state index is 0.00522. The number of alkyl halides is 2. The van der Waals surface area contributed by atoms with E-state index in [1.54, 1.807) is 44.2 Å². The average molecular weight is 863 g/mol. The van der Waals surface area contributed by atoms with E-state index in [1.807, 2.05) is 13.0 Å². The van der Waals surface area contributed by atoms with E-state index in [0.29, 0.717) is 49.8 Å². The minimum atomic E-state index is -4.08. The second-order valence-corrected chi connectivity index (χ2v) is 19.9. The monoisotopic (exact) mass is 862 g/mol. The molecule has 7 atom stereocenters. The molecule has 1 aromatic carbocycles. The summed E-state index contributed by atoms with van der Waals surface area (Å²) >= 11 is 0. The van der Waals surface area contributed by atoms with Gasteiger partial charge in [-0.25, -0.2) is 26.7 Å². The topological polar surface area (TPSA) is 204 Å². The standard InChI is InChI=1S/C41H56F2N6O10S/c1-24-12-8-9-13-26-22-41(26,36(53)47-60(55,56)39(5)16-17-39)45-32(50)30-21-27(58-33-28-14-10-11-15-29(28)34(51)49(46-33)18-19-57-7)23-48(30)35(52)31(25(2)20-24)44-37(54)59-38(3,4)40(6,42)43/h9-11,13-15,24-27,30-31H,8,12,16-23H2,1-7H3,(H,44,54)(H,45,50)(H,47,53)/b13-9-/t24-,25+,26+,27+,30-,31-,41+/m0/s1. The Morgan fingerprint density at radius 3 is 2.40 bits per heavy atom. The number of fused-ring (bicyclic) bond motifs is 3. The number of nitrogens with zero attached hydrogens (tertiary/aromatic N) is 3. The lowest BCUT2D eigenvalue weighted by atomic mass is 9.88. The number of nitrogens with one attached hydrogen (secondary N) is 3. The maximum atomic E-state index is 14.9. The van der Waals surface area contributed by atoms with Crippen LogP contribution in [0.3, 0.4) is 0 Å². The van der Waals surface area contributed by atoms with E-state index in [-0.39, 0.29) is 49.9 Å². The van der Waals surface area contributed by atoms with E-state index >= 15 is 0 Å². The van der Waals surface area contributed by atoms with E-state index in [9.17, 15) is 41.2 Å². The largest absolute Gasteiger partial charge is 0.471 e. The smallest absolute Gasteiger partial charge is 0.408 e. The predicted octanol–water partition coefficient (Wildman–Crippen LogP) is 3.81. The molecule has 1 aromatic heterocycles. The Morgan fingerprint density at radius 1 is 1.07 bits per heavy atom. The SMILES string of the molecule is COCCn1nc(O[C@@H]2C[C@H]3C(=O)N[C@]4(C(=O)NS(=O)(=O)C5(C)CC5)C[C@H]4/C=C\CC[C@H](C)C[C@@H](C)[C@H](NC(=O)OC(C)(C)C(C)(F)F)C(=O)N3C2)c2ccccc2c1=O. The first-order valence-corrected chi connectivity index (χ1v) is 21.9. The molecule has 3 heterocycles. The first-order chi connectivity index (χ1) is 28.0. The first-order valence-electron chi connectivity index (χ1n) is 20.4. The lowest BCUT2D eigenvalue weighted by Gasteiger charge is -2.35. The minimum Gasteiger partial charge on any atom is -0.471 e. The molecule has 6 rings (SSSR count). The molecule has 0 unspecified atom stereocenters. The van der Waals surface area contributed by atoms with Crippen LogP contribution in [0, 0.1) is 17.8 Å². The quantitative estimate of drug-likeness (QED) is 0.277. The van der Waals surface area contributed by atoms with Gasteiger partial charge in [-0.3, -0.25) is 23.9 Å². The lowest BCUT2D eigenvalue weighted by Crippen LogP contribution is -2.59. The maximum Gasteiger partial charge on any atom is 0.408 e. The van der Waals surface area contributed by atoms with Crippen molar-refractivity contribution in [2.24, 2.45) is 17.8 Å². The number of rotatable bonds is 11. The Labute approximate surface area is 348 Å². The fourth-order valence-corrected chi connectivity index (χ4v) is 9.17. The molecule has 2 saturated carbocycles. The molecular formula is C41H56F2N6O10S. The summed E-state index contributed by atoms with van der Waals surface area (Å²) in [6, 6.07) is 3.98. The molecule has 4 aliphatic rings. The van der Waals surface area contributed by atoms with Crippen LogP contribution >= 0.6 is 0 Å². The zero-order valence-corrected chi connectivity index (χ0v) is 35.9. The number of halogens is 2. The Hall–Kier alpha value is -4.65. The summed E-state index contributed by atoms with van der Waals surface area (Å²) in [5.74, 6) is -6.92. The van der Waals surface area contributed by atoms with Gasteiger partial charge in [-0.15, -0.1) is 5.10 Å². The molecule has 0 spiro atoms. The molecule has 0 bridgehead atoms. The van der Waals surface area contributed by atoms with Crippen molar-refractivity contribution in [1.29, 1.82) is 0 Å². The number of carbonyl (C=O) groups excluding carboxylic acids is 4. The number of ether oxygens (including phenoxy) is 3. The molecule has 330 valence electrons. The Bertz CT molecular complexity index is 2210. The number of hydrogen-bond acceptors (Lipinski definition) is 11. The molecule has 3 fully saturated rings. The van der Waals surface area contributed by atoms with Crippen molar-refractivity contribution in [3.8, 4) is 5.88 Å². The molecule has 1 saturated heterocycles. The van der Waals surface area contributed by atoms with Gasteiger partial charge in [0.1, 0.15) is 23.7 Å². The number of methoxy groups -OCH3 is 1. The number of carbonyl (C=O) groups is 4. The Morgan fingerprint density at radius 2 is 1.75 bits per heavy atom. The van der Waals surface area contributed by atoms with E-state index in [1.165, 1.54) is 16.7 Å². The van der Waals surface area contributed by atoms with Gasteiger partial charge < -0.3 is 29.7 Å². The van der Waals surface area contributed by atoms with E-state index in [0.717, 1.165) is 13.8 Å². The highest BCUT2D eigenvalue weighted by molar-refractivity contribution is 7.91. The summed E-state index contributed by atoms with van der Waals surface area (Å²) in [5.41, 5.74) is -4.27. The molecule has 2 aliphatic carbocycles. The zero-order chi connectivity index (χ0) is 44.0. The van der Waals surface area contributed by atoms with Crippen LogP contribution in [0.2, 0.25) is 0 Å². The summed E-state index contributed by atoms with van der Waals surface area (Å²) in [6.07, 6.45) is 3.83. The van der Waals surface area contributed by atoms with Crippen LogP contribution < -0.4 is 25.7 Å². The van der Waals surface area contributed by atoms with Gasteiger partial charge in [-0.1, -0.05) is 38.1 Å². The van der Waals surface area contributed by atoms with Crippen LogP contribution in [0.25, 0.3) is 10.8 Å². The number of alkyl carbamates (subject to hydrolysis) is 1. The van der Waals surface area contributed by atoms with Gasteiger partial charge in [0, 0.05) is 26.4 Å². The third-order valence-corrected chi connectivity index (χ3v) is 14.7. The van der Waals surface area contributed by atoms with Gasteiger partial charge in [-0.2, -0.15) is 0 Å². The molecule has 19 heteroatoms. The van der Waals surface area contributed by atoms with Crippen molar-refractivity contribution in [2.45, 2.75) is 133 Å². The van der Waals surface area contributed by atoms with Gasteiger partial charge in [-0.05, 0) is 83.3 Å². The van der Waals surface area contributed by atoms with E-state index in [2.05, 4.69) is 20.5 Å². The zero-order valence-electron chi connectivity index (χ0n) is 35.1. The normalized spacial score (nSPS) is 28.9. The summed E-state index contributed by atoms with van der Waals surface area (Å²) in [6.45, 7) is 8.01. The number of aromatic nitrogens is 2. The molecule has 2 aliphatic heterocycles. The molecular weight excluding hydrogens is 807 g/mol. The molecule has 4 amide bonds. The van der Waals surface area contributed by atoms with E-state index < -0.39 is 85.7 Å². The predicted molar refractivity (Wildman–Crippen MR) is 216 cm³/mol. The van der Waals surface area contributed by atoms with Crippen LogP contribution in [0.15, 0.2) is 41.2 Å². The van der Waals surface area contributed by atoms with Gasteiger partial charge in [0.25, 0.3) is 17.4 Å². The van der Waals surface area contributed by atoms with Crippen LogP contribution in [0.1, 0.15) is 86.5 Å². The van der Waals surface area contributed by atoms with Crippen molar-refractivity contribution < 1.29 is 50.6 Å². The van der Waals surface area contributed by atoms with Crippen molar-refractivity contribution in [2.75, 3.05) is 20.3 Å². The third kappa shape index (κ3) is 9.16. The number of hydrogen-bond donors (Lipinski definition) is 3. The number of amides is 4. The molecule has 3 N–H and O–H groups in total. The highest BCUT2D eigenvalue weighted by Gasteiger charge is 2.63. The summed E-state index contributed by atoms with van der Waals surface area (Å²) < 4.78 is 74.4. The second kappa shape index (κ2) is 16.7.